The highest BCUT2D eigenvalue weighted by molar-refractivity contribution is 5.23. The van der Waals surface area contributed by atoms with Crippen molar-refractivity contribution in [3.63, 3.8) is 0 Å². The molecule has 0 bridgehead atoms. The van der Waals surface area contributed by atoms with E-state index in [9.17, 15) is 0 Å². The van der Waals surface area contributed by atoms with Gasteiger partial charge in [0.1, 0.15) is 0 Å². The zero-order valence-electron chi connectivity index (χ0n) is 11.6. The van der Waals surface area contributed by atoms with Crippen LogP contribution in [0.2, 0.25) is 0 Å². The highest BCUT2D eigenvalue weighted by atomic mass is 16.3. The van der Waals surface area contributed by atoms with Gasteiger partial charge in [-0.15, -0.1) is 0 Å². The lowest BCUT2D eigenvalue weighted by Gasteiger charge is -2.30. The molecule has 3 nitrogen and oxygen atoms in total. The first-order chi connectivity index (χ1) is 8.49. The van der Waals surface area contributed by atoms with Gasteiger partial charge < -0.3 is 15.5 Å². The van der Waals surface area contributed by atoms with Crippen LogP contribution in [0.5, 0.6) is 0 Å². The molecular weight excluding hydrogens is 226 g/mol. The summed E-state index contributed by atoms with van der Waals surface area (Å²) in [5.74, 6) is 0. The number of rotatable bonds is 7. The average Bonchev–Trinajstić information content (AvgIpc) is 2.36. The van der Waals surface area contributed by atoms with Gasteiger partial charge in [0.05, 0.1) is 19.3 Å². The first-order valence-electron chi connectivity index (χ1n) is 6.53. The van der Waals surface area contributed by atoms with Crippen LogP contribution in [-0.4, -0.2) is 35.5 Å². The van der Waals surface area contributed by atoms with E-state index in [4.69, 9.17) is 10.2 Å². The third kappa shape index (κ3) is 4.41. The van der Waals surface area contributed by atoms with Gasteiger partial charge in [-0.05, 0) is 24.3 Å². The van der Waals surface area contributed by atoms with Gasteiger partial charge in [0.2, 0.25) is 0 Å². The molecule has 0 spiro atoms. The molecule has 1 atom stereocenters. The molecule has 18 heavy (non-hydrogen) atoms. The summed E-state index contributed by atoms with van der Waals surface area (Å²) in [4.78, 5) is 0. The molecule has 1 unspecified atom stereocenters. The van der Waals surface area contributed by atoms with E-state index >= 15 is 0 Å². The zero-order valence-corrected chi connectivity index (χ0v) is 11.6. The lowest BCUT2D eigenvalue weighted by atomic mass is 9.79. The third-order valence-electron chi connectivity index (χ3n) is 3.33. The Morgan fingerprint density at radius 1 is 1.11 bits per heavy atom. The number of aliphatic hydroxyl groups excluding tert-OH is 2. The Balaban J connectivity index is 2.60. The minimum absolute atomic E-state index is 0.0351. The van der Waals surface area contributed by atoms with Crippen molar-refractivity contribution in [2.24, 2.45) is 0 Å². The molecule has 0 heterocycles. The minimum Gasteiger partial charge on any atom is -0.395 e. The molecule has 3 heteroatoms. The van der Waals surface area contributed by atoms with E-state index in [-0.39, 0.29) is 30.7 Å². The topological polar surface area (TPSA) is 52.5 Å². The van der Waals surface area contributed by atoms with Gasteiger partial charge in [-0.2, -0.15) is 0 Å². The number of aliphatic hydroxyl groups is 2. The summed E-state index contributed by atoms with van der Waals surface area (Å²) in [6.07, 6.45) is 0.952. The van der Waals surface area contributed by atoms with Crippen molar-refractivity contribution >= 4 is 0 Å². The molecule has 1 aromatic carbocycles. The molecule has 0 aliphatic carbocycles. The highest BCUT2D eigenvalue weighted by Crippen LogP contribution is 2.28. The first kappa shape index (κ1) is 15.2. The van der Waals surface area contributed by atoms with Crippen molar-refractivity contribution in [1.29, 1.82) is 0 Å². The van der Waals surface area contributed by atoms with Crippen LogP contribution in [-0.2, 0) is 5.41 Å². The van der Waals surface area contributed by atoms with Crippen LogP contribution in [0.4, 0.5) is 0 Å². The van der Waals surface area contributed by atoms with Crippen molar-refractivity contribution in [3.05, 3.63) is 35.9 Å². The summed E-state index contributed by atoms with van der Waals surface area (Å²) >= 11 is 0. The van der Waals surface area contributed by atoms with Crippen molar-refractivity contribution in [2.75, 3.05) is 13.2 Å². The molecule has 1 rings (SSSR count). The molecule has 3 N–H and O–H groups in total. The van der Waals surface area contributed by atoms with Crippen LogP contribution >= 0.6 is 0 Å². The van der Waals surface area contributed by atoms with E-state index in [1.165, 1.54) is 5.56 Å². The van der Waals surface area contributed by atoms with E-state index < -0.39 is 0 Å². The number of nitrogens with one attached hydrogen (secondary N) is 1. The smallest absolute Gasteiger partial charge is 0.0607 e. The van der Waals surface area contributed by atoms with Crippen LogP contribution in [0.3, 0.4) is 0 Å². The summed E-state index contributed by atoms with van der Waals surface area (Å²) in [5, 5.41) is 21.4. The third-order valence-corrected chi connectivity index (χ3v) is 3.33. The molecule has 0 aliphatic heterocycles. The molecule has 0 saturated carbocycles. The van der Waals surface area contributed by atoms with Gasteiger partial charge in [0.15, 0.2) is 0 Å². The molecule has 0 saturated heterocycles. The Kier molecular flexibility index (Phi) is 5.79. The predicted molar refractivity (Wildman–Crippen MR) is 74.6 cm³/mol. The average molecular weight is 251 g/mol. The van der Waals surface area contributed by atoms with Gasteiger partial charge in [-0.3, -0.25) is 0 Å². The molecule has 0 aromatic heterocycles. The van der Waals surface area contributed by atoms with E-state index in [2.05, 4.69) is 50.4 Å². The quantitative estimate of drug-likeness (QED) is 0.691. The Labute approximate surface area is 110 Å². The van der Waals surface area contributed by atoms with Gasteiger partial charge in [0.25, 0.3) is 0 Å². The molecule has 0 fully saturated rings. The van der Waals surface area contributed by atoms with Gasteiger partial charge >= 0.3 is 0 Å². The predicted octanol–water partition coefficient (Wildman–Crippen LogP) is 1.69. The Hall–Kier alpha value is -0.900. The standard InChI is InChI=1S/C15H25NO2/c1-12(16-14(10-17)11-18)9-15(2,3)13-7-5-4-6-8-13/h4-8,12,14,16-18H,9-11H2,1-3H3. The van der Waals surface area contributed by atoms with Gasteiger partial charge in [0, 0.05) is 6.04 Å². The lowest BCUT2D eigenvalue weighted by Crippen LogP contribution is -2.43. The van der Waals surface area contributed by atoms with Crippen LogP contribution < -0.4 is 5.32 Å². The van der Waals surface area contributed by atoms with Crippen molar-refractivity contribution in [1.82, 2.24) is 5.32 Å². The minimum atomic E-state index is -0.230. The SMILES string of the molecule is CC(CC(C)(C)c1ccccc1)NC(CO)CO. The van der Waals surface area contributed by atoms with Crippen LogP contribution in [0, 0.1) is 0 Å². The lowest BCUT2D eigenvalue weighted by molar-refractivity contribution is 0.159. The van der Waals surface area contributed by atoms with Crippen LogP contribution in [0.25, 0.3) is 0 Å². The van der Waals surface area contributed by atoms with Crippen molar-refractivity contribution < 1.29 is 10.2 Å². The normalized spacial score (nSPS) is 13.9. The van der Waals surface area contributed by atoms with E-state index in [0.29, 0.717) is 0 Å². The maximum atomic E-state index is 9.07. The summed E-state index contributed by atoms with van der Waals surface area (Å²) in [7, 11) is 0. The fourth-order valence-electron chi connectivity index (χ4n) is 2.40. The number of hydrogen-bond acceptors (Lipinski definition) is 3. The largest absolute Gasteiger partial charge is 0.395 e. The van der Waals surface area contributed by atoms with E-state index in [1.807, 2.05) is 6.07 Å². The first-order valence-corrected chi connectivity index (χ1v) is 6.53. The molecule has 102 valence electrons. The Morgan fingerprint density at radius 3 is 2.17 bits per heavy atom. The summed E-state index contributed by atoms with van der Waals surface area (Å²) < 4.78 is 0. The van der Waals surface area contributed by atoms with Gasteiger partial charge in [-0.1, -0.05) is 44.2 Å². The number of hydrogen-bond donors (Lipinski definition) is 3. The number of benzene rings is 1. The second-order valence-electron chi connectivity index (χ2n) is 5.58. The van der Waals surface area contributed by atoms with E-state index in [0.717, 1.165) is 6.42 Å². The Bertz CT molecular complexity index is 334. The molecule has 1 aromatic rings. The zero-order chi connectivity index (χ0) is 13.6. The van der Waals surface area contributed by atoms with Crippen molar-refractivity contribution in [3.8, 4) is 0 Å². The van der Waals surface area contributed by atoms with E-state index in [1.54, 1.807) is 0 Å². The second kappa shape index (κ2) is 6.88. The molecule has 0 radical (unpaired) electrons. The summed E-state index contributed by atoms with van der Waals surface area (Å²) in [6, 6.07) is 10.4. The fraction of sp³-hybridized carbons (Fsp3) is 0.600. The summed E-state index contributed by atoms with van der Waals surface area (Å²) in [6.45, 7) is 6.45. The maximum Gasteiger partial charge on any atom is 0.0607 e. The van der Waals surface area contributed by atoms with Crippen LogP contribution in [0.15, 0.2) is 30.3 Å². The molecule has 0 aliphatic rings. The van der Waals surface area contributed by atoms with Gasteiger partial charge in [-0.25, -0.2) is 0 Å². The fourth-order valence-corrected chi connectivity index (χ4v) is 2.40. The van der Waals surface area contributed by atoms with Crippen molar-refractivity contribution in [2.45, 2.75) is 44.7 Å². The second-order valence-corrected chi connectivity index (χ2v) is 5.58. The maximum absolute atomic E-state index is 9.07. The monoisotopic (exact) mass is 251 g/mol. The Morgan fingerprint density at radius 2 is 1.67 bits per heavy atom. The van der Waals surface area contributed by atoms with Crippen LogP contribution in [0.1, 0.15) is 32.8 Å². The molecule has 0 amide bonds. The summed E-state index contributed by atoms with van der Waals surface area (Å²) in [5.41, 5.74) is 1.38. The molecular formula is C15H25NO2. The highest BCUT2D eigenvalue weighted by Gasteiger charge is 2.24.